The SMILES string of the molecule is Cc1c(N)cc(S(=O)(=O)NC2CCC(O)CC2)cc1Cl. The number of rotatable bonds is 3. The van der Waals surface area contributed by atoms with Crippen LogP contribution < -0.4 is 10.5 Å². The average Bonchev–Trinajstić information content (AvgIpc) is 2.38. The van der Waals surface area contributed by atoms with E-state index in [1.165, 1.54) is 12.1 Å². The molecule has 1 aliphatic carbocycles. The largest absolute Gasteiger partial charge is 0.398 e. The van der Waals surface area contributed by atoms with Gasteiger partial charge in [-0.3, -0.25) is 0 Å². The van der Waals surface area contributed by atoms with E-state index in [2.05, 4.69) is 4.72 Å². The predicted octanol–water partition coefficient (Wildman–Crippen LogP) is 1.81. The molecule has 7 heteroatoms. The highest BCUT2D eigenvalue weighted by Crippen LogP contribution is 2.27. The molecule has 0 amide bonds. The zero-order valence-electron chi connectivity index (χ0n) is 11.3. The van der Waals surface area contributed by atoms with Crippen LogP contribution in [0.3, 0.4) is 0 Å². The Morgan fingerprint density at radius 1 is 1.30 bits per heavy atom. The zero-order chi connectivity index (χ0) is 14.9. The van der Waals surface area contributed by atoms with Crippen molar-refractivity contribution in [1.82, 2.24) is 4.72 Å². The number of nitrogens with two attached hydrogens (primary N) is 1. The number of aliphatic hydroxyl groups is 1. The number of aliphatic hydroxyl groups excluding tert-OH is 1. The first-order chi connectivity index (χ1) is 9.29. The first-order valence-electron chi connectivity index (χ1n) is 6.55. The summed E-state index contributed by atoms with van der Waals surface area (Å²) in [6.45, 7) is 1.74. The second kappa shape index (κ2) is 5.89. The number of benzene rings is 1. The molecular formula is C13H19ClN2O3S. The molecule has 1 aromatic carbocycles. The van der Waals surface area contributed by atoms with Crippen LogP contribution >= 0.6 is 11.6 Å². The summed E-state index contributed by atoms with van der Waals surface area (Å²) in [5, 5.41) is 9.77. The Labute approximate surface area is 124 Å². The van der Waals surface area contributed by atoms with E-state index in [-0.39, 0.29) is 17.0 Å². The van der Waals surface area contributed by atoms with Gasteiger partial charge in [-0.15, -0.1) is 0 Å². The standard InChI is InChI=1S/C13H19ClN2O3S/c1-8-12(14)6-11(7-13(8)15)20(18,19)16-9-2-4-10(17)5-3-9/h6-7,9-10,16-17H,2-5,15H2,1H3. The Balaban J connectivity index is 2.18. The maximum absolute atomic E-state index is 12.3. The molecule has 20 heavy (non-hydrogen) atoms. The lowest BCUT2D eigenvalue weighted by Gasteiger charge is -2.26. The summed E-state index contributed by atoms with van der Waals surface area (Å²) in [5.41, 5.74) is 6.79. The Morgan fingerprint density at radius 2 is 1.90 bits per heavy atom. The van der Waals surface area contributed by atoms with Gasteiger partial charge in [-0.2, -0.15) is 0 Å². The van der Waals surface area contributed by atoms with E-state index in [0.717, 1.165) is 0 Å². The lowest BCUT2D eigenvalue weighted by molar-refractivity contribution is 0.120. The molecule has 0 atom stereocenters. The molecule has 112 valence electrons. The van der Waals surface area contributed by atoms with E-state index in [1.54, 1.807) is 6.92 Å². The third-order valence-corrected chi connectivity index (χ3v) is 5.58. The molecule has 0 aliphatic heterocycles. The molecule has 0 unspecified atom stereocenters. The number of nitrogens with one attached hydrogen (secondary N) is 1. The van der Waals surface area contributed by atoms with Crippen LogP contribution in [-0.2, 0) is 10.0 Å². The molecule has 2 rings (SSSR count). The maximum atomic E-state index is 12.3. The van der Waals surface area contributed by atoms with Crippen molar-refractivity contribution in [3.05, 3.63) is 22.7 Å². The van der Waals surface area contributed by atoms with Crippen molar-refractivity contribution < 1.29 is 13.5 Å². The van der Waals surface area contributed by atoms with Crippen molar-refractivity contribution in [3.63, 3.8) is 0 Å². The number of anilines is 1. The summed E-state index contributed by atoms with van der Waals surface area (Å²) >= 11 is 5.98. The van der Waals surface area contributed by atoms with Gasteiger partial charge in [-0.1, -0.05) is 11.6 Å². The minimum Gasteiger partial charge on any atom is -0.398 e. The number of halogens is 1. The second-order valence-corrected chi connectivity index (χ2v) is 7.37. The third-order valence-electron chi connectivity index (χ3n) is 3.69. The average molecular weight is 319 g/mol. The van der Waals surface area contributed by atoms with Crippen molar-refractivity contribution in [2.24, 2.45) is 0 Å². The number of hydrogen-bond acceptors (Lipinski definition) is 4. The van der Waals surface area contributed by atoms with Gasteiger partial charge in [0.05, 0.1) is 11.0 Å². The summed E-state index contributed by atoms with van der Waals surface area (Å²) in [6.07, 6.45) is 2.18. The molecule has 0 heterocycles. The highest BCUT2D eigenvalue weighted by Gasteiger charge is 2.25. The number of hydrogen-bond donors (Lipinski definition) is 3. The highest BCUT2D eigenvalue weighted by atomic mass is 35.5. The van der Waals surface area contributed by atoms with E-state index in [4.69, 9.17) is 17.3 Å². The lowest BCUT2D eigenvalue weighted by atomic mass is 9.94. The van der Waals surface area contributed by atoms with Gasteiger partial charge < -0.3 is 10.8 Å². The normalized spacial score (nSPS) is 23.8. The van der Waals surface area contributed by atoms with Gasteiger partial charge >= 0.3 is 0 Å². The fraction of sp³-hybridized carbons (Fsp3) is 0.538. The lowest BCUT2D eigenvalue weighted by Crippen LogP contribution is -2.38. The minimum absolute atomic E-state index is 0.0803. The molecular weight excluding hydrogens is 300 g/mol. The zero-order valence-corrected chi connectivity index (χ0v) is 12.8. The van der Waals surface area contributed by atoms with Gasteiger partial charge in [0.25, 0.3) is 0 Å². The highest BCUT2D eigenvalue weighted by molar-refractivity contribution is 7.89. The van der Waals surface area contributed by atoms with E-state index in [0.29, 0.717) is 42.0 Å². The fourth-order valence-corrected chi connectivity index (χ4v) is 3.97. The van der Waals surface area contributed by atoms with Crippen molar-refractivity contribution in [2.45, 2.75) is 49.6 Å². The molecule has 0 saturated heterocycles. The van der Waals surface area contributed by atoms with Crippen molar-refractivity contribution in [1.29, 1.82) is 0 Å². The molecule has 1 fully saturated rings. The van der Waals surface area contributed by atoms with Gasteiger partial charge in [0.2, 0.25) is 10.0 Å². The molecule has 4 N–H and O–H groups in total. The molecule has 0 aromatic heterocycles. The predicted molar refractivity (Wildman–Crippen MR) is 79.2 cm³/mol. The smallest absolute Gasteiger partial charge is 0.240 e. The topological polar surface area (TPSA) is 92.4 Å². The fourth-order valence-electron chi connectivity index (χ4n) is 2.31. The van der Waals surface area contributed by atoms with Crippen LogP contribution in [0, 0.1) is 6.92 Å². The van der Waals surface area contributed by atoms with E-state index < -0.39 is 10.0 Å². The number of nitrogen functional groups attached to an aromatic ring is 1. The Hall–Kier alpha value is -0.820. The van der Waals surface area contributed by atoms with Crippen LogP contribution in [0.1, 0.15) is 31.2 Å². The van der Waals surface area contributed by atoms with Gasteiger partial charge in [0.15, 0.2) is 0 Å². The monoisotopic (exact) mass is 318 g/mol. The van der Waals surface area contributed by atoms with Gasteiger partial charge in [-0.25, -0.2) is 13.1 Å². The molecule has 1 aliphatic rings. The second-order valence-electron chi connectivity index (χ2n) is 5.25. The summed E-state index contributed by atoms with van der Waals surface area (Å²) in [6, 6.07) is 2.68. The van der Waals surface area contributed by atoms with E-state index in [1.807, 2.05) is 0 Å². The Morgan fingerprint density at radius 3 is 2.45 bits per heavy atom. The molecule has 1 saturated carbocycles. The van der Waals surface area contributed by atoms with Crippen LogP contribution in [0.15, 0.2) is 17.0 Å². The first-order valence-corrected chi connectivity index (χ1v) is 8.41. The van der Waals surface area contributed by atoms with Crippen LogP contribution in [-0.4, -0.2) is 25.7 Å². The van der Waals surface area contributed by atoms with Crippen LogP contribution in [0.5, 0.6) is 0 Å². The van der Waals surface area contributed by atoms with Crippen LogP contribution in [0.25, 0.3) is 0 Å². The summed E-state index contributed by atoms with van der Waals surface area (Å²) < 4.78 is 27.3. The van der Waals surface area contributed by atoms with Gasteiger partial charge in [0.1, 0.15) is 0 Å². The van der Waals surface area contributed by atoms with E-state index >= 15 is 0 Å². The quantitative estimate of drug-likeness (QED) is 0.741. The van der Waals surface area contributed by atoms with E-state index in [9.17, 15) is 13.5 Å². The Kier molecular flexibility index (Phi) is 4.59. The van der Waals surface area contributed by atoms with Crippen molar-refractivity contribution in [2.75, 3.05) is 5.73 Å². The third kappa shape index (κ3) is 3.44. The minimum atomic E-state index is -3.64. The summed E-state index contributed by atoms with van der Waals surface area (Å²) in [7, 11) is -3.64. The molecule has 0 radical (unpaired) electrons. The maximum Gasteiger partial charge on any atom is 0.240 e. The van der Waals surface area contributed by atoms with Crippen molar-refractivity contribution >= 4 is 27.3 Å². The Bertz CT molecular complexity index is 573. The molecule has 0 bridgehead atoms. The van der Waals surface area contributed by atoms with Gasteiger partial charge in [0, 0.05) is 16.8 Å². The summed E-state index contributed by atoms with van der Waals surface area (Å²) in [5.74, 6) is 0. The molecule has 5 nitrogen and oxygen atoms in total. The number of sulfonamides is 1. The molecule has 0 spiro atoms. The first kappa shape index (κ1) is 15.6. The summed E-state index contributed by atoms with van der Waals surface area (Å²) in [4.78, 5) is 0.0803. The van der Waals surface area contributed by atoms with Gasteiger partial charge in [-0.05, 0) is 50.3 Å². The van der Waals surface area contributed by atoms with Crippen LogP contribution in [0.4, 0.5) is 5.69 Å². The molecule has 1 aromatic rings. The van der Waals surface area contributed by atoms with Crippen molar-refractivity contribution in [3.8, 4) is 0 Å². The van der Waals surface area contributed by atoms with Crippen LogP contribution in [0.2, 0.25) is 5.02 Å².